The molecule has 0 saturated heterocycles. The van der Waals surface area contributed by atoms with E-state index in [2.05, 4.69) is 5.32 Å². The minimum Gasteiger partial charge on any atom is -0.381 e. The first kappa shape index (κ1) is 16.2. The fourth-order valence-electron chi connectivity index (χ4n) is 1.89. The number of nitrogens with two attached hydrogens (primary N) is 1. The molecule has 2 aromatic rings. The van der Waals surface area contributed by atoms with E-state index in [0.717, 1.165) is 11.6 Å². The summed E-state index contributed by atoms with van der Waals surface area (Å²) in [5.41, 5.74) is 5.62. The smallest absolute Gasteiger partial charge is 0.381 e. The van der Waals surface area contributed by atoms with Crippen LogP contribution < -0.4 is 11.1 Å². The van der Waals surface area contributed by atoms with Crippen LogP contribution in [-0.2, 0) is 12.7 Å². The number of halogens is 4. The van der Waals surface area contributed by atoms with E-state index in [-0.39, 0.29) is 17.3 Å². The second-order valence-electron chi connectivity index (χ2n) is 4.61. The number of amides is 1. The third kappa shape index (κ3) is 3.92. The fraction of sp³-hybridized carbons (Fsp3) is 0.133. The van der Waals surface area contributed by atoms with E-state index in [0.29, 0.717) is 5.56 Å². The lowest BCUT2D eigenvalue weighted by Gasteiger charge is -2.12. The molecule has 0 aliphatic carbocycles. The molecule has 0 aliphatic heterocycles. The highest BCUT2D eigenvalue weighted by Crippen LogP contribution is 2.36. The first-order valence-electron chi connectivity index (χ1n) is 6.27. The van der Waals surface area contributed by atoms with E-state index in [9.17, 15) is 18.0 Å². The number of carbonyl (C=O) groups is 1. The topological polar surface area (TPSA) is 55.1 Å². The lowest BCUT2D eigenvalue weighted by atomic mass is 10.1. The Kier molecular flexibility index (Phi) is 4.61. The molecule has 0 aromatic heterocycles. The van der Waals surface area contributed by atoms with Crippen LogP contribution in [-0.4, -0.2) is 5.91 Å². The Morgan fingerprint density at radius 3 is 2.55 bits per heavy atom. The molecule has 2 rings (SSSR count). The first-order chi connectivity index (χ1) is 10.3. The summed E-state index contributed by atoms with van der Waals surface area (Å²) in [4.78, 5) is 11.1. The van der Waals surface area contributed by atoms with Gasteiger partial charge < -0.3 is 11.1 Å². The lowest BCUT2D eigenvalue weighted by Crippen LogP contribution is -2.11. The summed E-state index contributed by atoms with van der Waals surface area (Å²) in [5, 5.41) is 2.50. The van der Waals surface area contributed by atoms with Crippen molar-refractivity contribution in [3.05, 3.63) is 64.2 Å². The van der Waals surface area contributed by atoms with E-state index < -0.39 is 17.6 Å². The summed E-state index contributed by atoms with van der Waals surface area (Å²) in [6.07, 6.45) is -4.51. The quantitative estimate of drug-likeness (QED) is 0.889. The van der Waals surface area contributed by atoms with Gasteiger partial charge in [-0.05, 0) is 35.9 Å². The van der Waals surface area contributed by atoms with Gasteiger partial charge in [-0.15, -0.1) is 0 Å². The summed E-state index contributed by atoms with van der Waals surface area (Å²) in [7, 11) is 0. The van der Waals surface area contributed by atoms with Crippen molar-refractivity contribution in [1.29, 1.82) is 0 Å². The molecule has 0 radical (unpaired) electrons. The molecule has 0 unspecified atom stereocenters. The van der Waals surface area contributed by atoms with E-state index in [1.165, 1.54) is 12.1 Å². The van der Waals surface area contributed by atoms with Gasteiger partial charge in [-0.3, -0.25) is 4.79 Å². The summed E-state index contributed by atoms with van der Waals surface area (Å²) in [6.45, 7) is 0.250. The SMILES string of the molecule is NC(=O)c1cccc(CNc2ccc(Cl)c(C(F)(F)F)c2)c1. The third-order valence-corrected chi connectivity index (χ3v) is 3.31. The predicted molar refractivity (Wildman–Crippen MR) is 78.7 cm³/mol. The van der Waals surface area contributed by atoms with Gasteiger partial charge in [0.1, 0.15) is 0 Å². The first-order valence-corrected chi connectivity index (χ1v) is 6.64. The second kappa shape index (κ2) is 6.27. The number of alkyl halides is 3. The van der Waals surface area contributed by atoms with Crippen LogP contribution >= 0.6 is 11.6 Å². The summed E-state index contributed by atoms with van der Waals surface area (Å²) >= 11 is 5.55. The fourth-order valence-corrected chi connectivity index (χ4v) is 2.12. The maximum Gasteiger partial charge on any atom is 0.417 e. The van der Waals surface area contributed by atoms with Crippen LogP contribution in [0.2, 0.25) is 5.02 Å². The molecule has 3 N–H and O–H groups in total. The van der Waals surface area contributed by atoms with Crippen molar-refractivity contribution in [3.63, 3.8) is 0 Å². The van der Waals surface area contributed by atoms with Gasteiger partial charge in [0.25, 0.3) is 0 Å². The number of primary amides is 1. The molecule has 0 heterocycles. The molecule has 1 amide bonds. The van der Waals surface area contributed by atoms with Crippen LogP contribution in [0.15, 0.2) is 42.5 Å². The van der Waals surface area contributed by atoms with E-state index in [1.807, 2.05) is 0 Å². The van der Waals surface area contributed by atoms with Crippen LogP contribution in [0.1, 0.15) is 21.5 Å². The van der Waals surface area contributed by atoms with Crippen molar-refractivity contribution >= 4 is 23.2 Å². The van der Waals surface area contributed by atoms with Gasteiger partial charge in [0.15, 0.2) is 0 Å². The Balaban J connectivity index is 2.15. The molecule has 0 spiro atoms. The van der Waals surface area contributed by atoms with Crippen molar-refractivity contribution in [2.45, 2.75) is 12.7 Å². The minimum atomic E-state index is -4.51. The zero-order chi connectivity index (χ0) is 16.3. The van der Waals surface area contributed by atoms with Gasteiger partial charge in [-0.1, -0.05) is 23.7 Å². The van der Waals surface area contributed by atoms with E-state index >= 15 is 0 Å². The van der Waals surface area contributed by atoms with Gasteiger partial charge >= 0.3 is 6.18 Å². The van der Waals surface area contributed by atoms with E-state index in [1.54, 1.807) is 24.3 Å². The molecule has 0 saturated carbocycles. The van der Waals surface area contributed by atoms with Crippen LogP contribution in [0.25, 0.3) is 0 Å². The molecule has 116 valence electrons. The average Bonchev–Trinajstić information content (AvgIpc) is 2.45. The standard InChI is InChI=1S/C15H12ClF3N2O/c16-13-5-4-11(7-12(13)15(17,18)19)21-8-9-2-1-3-10(6-9)14(20)22/h1-7,21H,8H2,(H2,20,22). The highest BCUT2D eigenvalue weighted by molar-refractivity contribution is 6.31. The van der Waals surface area contributed by atoms with Gasteiger partial charge in [-0.25, -0.2) is 0 Å². The Hall–Kier alpha value is -2.21. The summed E-state index contributed by atoms with van der Waals surface area (Å²) < 4.78 is 38.3. The van der Waals surface area contributed by atoms with Gasteiger partial charge in [-0.2, -0.15) is 13.2 Å². The maximum atomic E-state index is 12.8. The van der Waals surface area contributed by atoms with Crippen molar-refractivity contribution < 1.29 is 18.0 Å². The zero-order valence-corrected chi connectivity index (χ0v) is 12.0. The van der Waals surface area contributed by atoms with Gasteiger partial charge in [0, 0.05) is 17.8 Å². The minimum absolute atomic E-state index is 0.250. The highest BCUT2D eigenvalue weighted by Gasteiger charge is 2.33. The number of benzene rings is 2. The highest BCUT2D eigenvalue weighted by atomic mass is 35.5. The molecule has 7 heteroatoms. The predicted octanol–water partition coefficient (Wildman–Crippen LogP) is 4.07. The Morgan fingerprint density at radius 1 is 1.18 bits per heavy atom. The van der Waals surface area contributed by atoms with Crippen LogP contribution in [0.3, 0.4) is 0 Å². The number of carbonyl (C=O) groups excluding carboxylic acids is 1. The largest absolute Gasteiger partial charge is 0.417 e. The van der Waals surface area contributed by atoms with Crippen LogP contribution in [0.5, 0.6) is 0 Å². The maximum absolute atomic E-state index is 12.8. The zero-order valence-electron chi connectivity index (χ0n) is 11.2. The summed E-state index contributed by atoms with van der Waals surface area (Å²) in [5.74, 6) is -0.562. The molecule has 2 aromatic carbocycles. The number of hydrogen-bond acceptors (Lipinski definition) is 2. The van der Waals surface area contributed by atoms with Crippen molar-refractivity contribution in [3.8, 4) is 0 Å². The Bertz CT molecular complexity index is 701. The molecule has 3 nitrogen and oxygen atoms in total. The molecule has 0 fully saturated rings. The van der Waals surface area contributed by atoms with Crippen LogP contribution in [0, 0.1) is 0 Å². The van der Waals surface area contributed by atoms with Crippen molar-refractivity contribution in [1.82, 2.24) is 0 Å². The van der Waals surface area contributed by atoms with Crippen molar-refractivity contribution in [2.75, 3.05) is 5.32 Å². The van der Waals surface area contributed by atoms with Gasteiger partial charge in [0.05, 0.1) is 10.6 Å². The molecule has 22 heavy (non-hydrogen) atoms. The Labute approximate surface area is 129 Å². The van der Waals surface area contributed by atoms with Crippen LogP contribution in [0.4, 0.5) is 18.9 Å². The molecular weight excluding hydrogens is 317 g/mol. The lowest BCUT2D eigenvalue weighted by molar-refractivity contribution is -0.137. The Morgan fingerprint density at radius 2 is 1.91 bits per heavy atom. The number of nitrogens with one attached hydrogen (secondary N) is 1. The molecule has 0 atom stereocenters. The number of hydrogen-bond donors (Lipinski definition) is 2. The third-order valence-electron chi connectivity index (χ3n) is 2.98. The van der Waals surface area contributed by atoms with Crippen molar-refractivity contribution in [2.24, 2.45) is 5.73 Å². The average molecular weight is 329 g/mol. The number of anilines is 1. The summed E-state index contributed by atoms with van der Waals surface area (Å²) in [6, 6.07) is 10.1. The monoisotopic (exact) mass is 328 g/mol. The molecule has 0 bridgehead atoms. The van der Waals surface area contributed by atoms with Gasteiger partial charge in [0.2, 0.25) is 5.91 Å². The molecule has 0 aliphatic rings. The van der Waals surface area contributed by atoms with E-state index in [4.69, 9.17) is 17.3 Å². The normalized spacial score (nSPS) is 11.3. The number of rotatable bonds is 4. The second-order valence-corrected chi connectivity index (χ2v) is 5.02. The molecular formula is C15H12ClF3N2O.